The topological polar surface area (TPSA) is 184 Å². The summed E-state index contributed by atoms with van der Waals surface area (Å²) >= 11 is 0. The highest BCUT2D eigenvalue weighted by atomic mass is 16.7. The summed E-state index contributed by atoms with van der Waals surface area (Å²) in [6.07, 6.45) is 5.83. The van der Waals surface area contributed by atoms with Crippen molar-refractivity contribution in [3.8, 4) is 17.2 Å². The number of hydrogen-bond donors (Lipinski definition) is 5. The van der Waals surface area contributed by atoms with Gasteiger partial charge in [0.2, 0.25) is 0 Å². The van der Waals surface area contributed by atoms with Gasteiger partial charge in [0, 0.05) is 79.9 Å². The number of hydrogen-bond acceptors (Lipinski definition) is 12. The molecule has 9 unspecified atom stereocenters. The van der Waals surface area contributed by atoms with Crippen LogP contribution in [0, 0.1) is 36.5 Å². The Morgan fingerprint density at radius 3 is 2.23 bits per heavy atom. The number of benzene rings is 2. The Kier molecular flexibility index (Phi) is 12.8. The maximum atomic E-state index is 14.6. The smallest absolute Gasteiger partial charge is 0.312 e. The van der Waals surface area contributed by atoms with E-state index in [1.165, 1.54) is 27.2 Å². The molecule has 5 N–H and O–H groups in total. The van der Waals surface area contributed by atoms with Gasteiger partial charge in [-0.3, -0.25) is 14.4 Å². The minimum atomic E-state index is -1.90. The monoisotopic (exact) mass is 778 g/mol. The van der Waals surface area contributed by atoms with E-state index in [1.807, 2.05) is 0 Å². The number of aliphatic hydroxyl groups excluding tert-OH is 2. The highest BCUT2D eigenvalue weighted by Gasteiger charge is 2.50. The molecule has 13 heteroatoms. The molecule has 2 aromatic rings. The van der Waals surface area contributed by atoms with Gasteiger partial charge in [-0.1, -0.05) is 52.8 Å². The van der Waals surface area contributed by atoms with Gasteiger partial charge in [0.25, 0.3) is 11.7 Å². The lowest BCUT2D eigenvalue weighted by molar-refractivity contribution is -0.160. The number of ketones is 1. The number of carbonyl (C=O) groups is 3. The van der Waals surface area contributed by atoms with Crippen molar-refractivity contribution in [1.82, 2.24) is 0 Å². The number of methoxy groups -OCH3 is 1. The Morgan fingerprint density at radius 2 is 1.61 bits per heavy atom. The van der Waals surface area contributed by atoms with E-state index >= 15 is 0 Å². The summed E-state index contributed by atoms with van der Waals surface area (Å²) in [5.41, 5.74) is 1.21. The number of Topliss-reactive ketones (excluding diaryl/α,β-unsaturated/α-hetero) is 1. The molecule has 2 aromatic carbocycles. The zero-order valence-electron chi connectivity index (χ0n) is 34.1. The molecule has 0 aromatic heterocycles. The summed E-state index contributed by atoms with van der Waals surface area (Å²) < 4.78 is 23.9. The summed E-state index contributed by atoms with van der Waals surface area (Å²) in [6, 6.07) is 1.63. The van der Waals surface area contributed by atoms with Crippen LogP contribution in [0.15, 0.2) is 42.2 Å². The second-order valence-electron chi connectivity index (χ2n) is 16.1. The van der Waals surface area contributed by atoms with Crippen molar-refractivity contribution in [2.75, 3.05) is 30.4 Å². The molecule has 0 saturated carbocycles. The van der Waals surface area contributed by atoms with Gasteiger partial charge in [-0.05, 0) is 44.7 Å². The number of nitrogens with zero attached hydrogens (tertiary/aromatic N) is 1. The van der Waals surface area contributed by atoms with E-state index in [-0.39, 0.29) is 44.7 Å². The van der Waals surface area contributed by atoms with E-state index in [4.69, 9.17) is 18.9 Å². The summed E-state index contributed by atoms with van der Waals surface area (Å²) in [4.78, 5) is 42.6. The van der Waals surface area contributed by atoms with Crippen LogP contribution in [0.2, 0.25) is 0 Å². The standard InChI is InChI=1S/C43H58N2O11/c1-21-14-17-45(18-15-21)30-20-29-38(50)33-32(30)34-40(27(7)37(33)49)56-43(9,41(34)51)54-19-16-31(53-10)24(4)39(55-28(8)46)26(6)36(48)25(5)35(47)22(2)12-11-13-23(3)42(52)44-29/h11-13,16,19-22,24-26,31,35-36,39,47-50H,14-15,17-18H2,1-10H3,(H,44,52)/b12-11+,19-16+,23-13-. The predicted molar refractivity (Wildman–Crippen MR) is 213 cm³/mol. The van der Waals surface area contributed by atoms with Crippen LogP contribution in [0.25, 0.3) is 10.8 Å². The highest BCUT2D eigenvalue weighted by molar-refractivity contribution is 6.23. The zero-order chi connectivity index (χ0) is 41.4. The van der Waals surface area contributed by atoms with Crippen molar-refractivity contribution in [2.45, 2.75) is 105 Å². The number of piperidine rings is 1. The fourth-order valence-electron chi connectivity index (χ4n) is 8.15. The maximum absolute atomic E-state index is 14.6. The molecule has 6 rings (SSSR count). The second-order valence-corrected chi connectivity index (χ2v) is 16.1. The van der Waals surface area contributed by atoms with Crippen LogP contribution in [0.1, 0.15) is 84.2 Å². The molecule has 5 bridgehead atoms. The molecule has 0 spiro atoms. The first kappa shape index (κ1) is 42.6. The molecule has 0 aliphatic carbocycles. The van der Waals surface area contributed by atoms with Crippen molar-refractivity contribution < 1.29 is 53.8 Å². The number of anilines is 2. The Bertz CT molecular complexity index is 1930. The van der Waals surface area contributed by atoms with E-state index in [0.29, 0.717) is 24.7 Å². The molecule has 306 valence electrons. The van der Waals surface area contributed by atoms with Crippen molar-refractivity contribution >= 4 is 39.8 Å². The SMILES string of the molecule is COC1/C=C/OC2(C)Oc3c(C)c(O)c4c(O)c(cc(N5CCC(C)CC5)c4c3C2=O)NC(=O)/C(C)=C\C=C\C(C)C(O)C(C)C(O)C(C)C(OC(C)=O)C1C. The molecule has 4 heterocycles. The minimum Gasteiger partial charge on any atom is -0.507 e. The molecular weight excluding hydrogens is 720 g/mol. The third-order valence-corrected chi connectivity index (χ3v) is 12.0. The van der Waals surface area contributed by atoms with Gasteiger partial charge in [0.05, 0.1) is 41.2 Å². The lowest BCUT2D eigenvalue weighted by Crippen LogP contribution is -2.46. The first-order valence-electron chi connectivity index (χ1n) is 19.4. The number of phenolic OH excluding ortho intramolecular Hbond substituents is 2. The van der Waals surface area contributed by atoms with E-state index in [0.717, 1.165) is 12.8 Å². The average Bonchev–Trinajstić information content (AvgIpc) is 3.43. The fourth-order valence-corrected chi connectivity index (χ4v) is 8.15. The first-order valence-corrected chi connectivity index (χ1v) is 19.4. The first-order chi connectivity index (χ1) is 26.3. The minimum absolute atomic E-state index is 0.00146. The number of aromatic hydroxyl groups is 2. The number of aliphatic hydroxyl groups is 2. The van der Waals surface area contributed by atoms with Gasteiger partial charge in [0.15, 0.2) is 5.75 Å². The van der Waals surface area contributed by atoms with Crippen molar-refractivity contribution in [2.24, 2.45) is 29.6 Å². The average molecular weight is 779 g/mol. The number of allylic oxidation sites excluding steroid dienone is 2. The molecule has 1 fully saturated rings. The van der Waals surface area contributed by atoms with Crippen LogP contribution >= 0.6 is 0 Å². The Hall–Kier alpha value is -4.59. The summed E-state index contributed by atoms with van der Waals surface area (Å²) in [7, 11) is 1.47. The van der Waals surface area contributed by atoms with Gasteiger partial charge in [-0.15, -0.1) is 0 Å². The molecule has 1 amide bonds. The second kappa shape index (κ2) is 16.9. The maximum Gasteiger partial charge on any atom is 0.312 e. The van der Waals surface area contributed by atoms with Crippen LogP contribution in [-0.2, 0) is 23.8 Å². The Morgan fingerprint density at radius 1 is 0.946 bits per heavy atom. The zero-order valence-corrected chi connectivity index (χ0v) is 34.1. The number of carbonyl (C=O) groups excluding carboxylic acids is 3. The quantitative estimate of drug-likeness (QED) is 0.174. The largest absolute Gasteiger partial charge is 0.507 e. The molecule has 4 aliphatic rings. The van der Waals surface area contributed by atoms with E-state index in [2.05, 4.69) is 17.1 Å². The predicted octanol–water partition coefficient (Wildman–Crippen LogP) is 6.28. The fraction of sp³-hybridized carbons (Fsp3) is 0.558. The van der Waals surface area contributed by atoms with Crippen molar-refractivity contribution in [3.05, 3.63) is 53.3 Å². The molecule has 13 nitrogen and oxygen atoms in total. The Balaban J connectivity index is 1.69. The third kappa shape index (κ3) is 8.12. The van der Waals surface area contributed by atoms with E-state index < -0.39 is 77.3 Å². The van der Waals surface area contributed by atoms with Crippen molar-refractivity contribution in [3.63, 3.8) is 0 Å². The molecule has 1 saturated heterocycles. The normalized spacial score (nSPS) is 33.0. The molecule has 9 atom stereocenters. The van der Waals surface area contributed by atoms with E-state index in [1.54, 1.807) is 71.9 Å². The van der Waals surface area contributed by atoms with Gasteiger partial charge >= 0.3 is 11.8 Å². The summed E-state index contributed by atoms with van der Waals surface area (Å²) in [5.74, 6) is -5.96. The van der Waals surface area contributed by atoms with Gasteiger partial charge in [-0.2, -0.15) is 0 Å². The van der Waals surface area contributed by atoms with Crippen LogP contribution in [0.5, 0.6) is 17.2 Å². The summed E-state index contributed by atoms with van der Waals surface area (Å²) in [6.45, 7) is 16.4. The number of rotatable bonds is 3. The van der Waals surface area contributed by atoms with Crippen LogP contribution < -0.4 is 15.0 Å². The number of amides is 1. The molecule has 56 heavy (non-hydrogen) atoms. The lowest BCUT2D eigenvalue weighted by atomic mass is 9.78. The van der Waals surface area contributed by atoms with Crippen LogP contribution in [0.3, 0.4) is 0 Å². The molecule has 4 aliphatic heterocycles. The van der Waals surface area contributed by atoms with E-state index in [9.17, 15) is 34.8 Å². The van der Waals surface area contributed by atoms with Gasteiger partial charge in [0.1, 0.15) is 17.6 Å². The Labute approximate surface area is 328 Å². The van der Waals surface area contributed by atoms with Crippen LogP contribution in [0.4, 0.5) is 11.4 Å². The molecular formula is C43H58N2O11. The van der Waals surface area contributed by atoms with Crippen LogP contribution in [-0.4, -0.2) is 88.5 Å². The number of esters is 1. The number of ether oxygens (including phenoxy) is 4. The number of phenols is 2. The summed E-state index contributed by atoms with van der Waals surface area (Å²) in [5, 5.41) is 49.4. The van der Waals surface area contributed by atoms with Crippen molar-refractivity contribution in [1.29, 1.82) is 0 Å². The lowest BCUT2D eigenvalue weighted by Gasteiger charge is -2.38. The highest BCUT2D eigenvalue weighted by Crippen LogP contribution is 2.54. The number of nitrogens with one attached hydrogen (secondary N) is 1. The number of fused-ring (bicyclic) bond motifs is 14. The molecule has 0 radical (unpaired) electrons. The van der Waals surface area contributed by atoms with Gasteiger partial charge < -0.3 is 49.6 Å². The third-order valence-electron chi connectivity index (χ3n) is 12.0. The van der Waals surface area contributed by atoms with Gasteiger partial charge in [-0.25, -0.2) is 0 Å².